The van der Waals surface area contributed by atoms with Crippen LogP contribution in [0.25, 0.3) is 0 Å². The van der Waals surface area contributed by atoms with Gasteiger partial charge in [-0.15, -0.1) is 0 Å². The Kier molecular flexibility index (Phi) is 4.61. The highest BCUT2D eigenvalue weighted by Crippen LogP contribution is 2.21. The van der Waals surface area contributed by atoms with E-state index in [2.05, 4.69) is 6.07 Å². The predicted molar refractivity (Wildman–Crippen MR) is 52.6 cm³/mol. The number of nitriles is 1. The van der Waals surface area contributed by atoms with Gasteiger partial charge in [0, 0.05) is 19.1 Å². The zero-order valence-electron chi connectivity index (χ0n) is 8.66. The lowest BCUT2D eigenvalue weighted by Crippen LogP contribution is -2.28. The third-order valence-electron chi connectivity index (χ3n) is 2.70. The van der Waals surface area contributed by atoms with Crippen molar-refractivity contribution < 1.29 is 9.53 Å². The molecule has 1 saturated heterocycles. The fourth-order valence-electron chi connectivity index (χ4n) is 1.83. The van der Waals surface area contributed by atoms with E-state index in [9.17, 15) is 4.79 Å². The van der Waals surface area contributed by atoms with Gasteiger partial charge in [-0.1, -0.05) is 13.3 Å². The van der Waals surface area contributed by atoms with E-state index in [-0.39, 0.29) is 17.6 Å². The first-order chi connectivity index (χ1) is 6.79. The summed E-state index contributed by atoms with van der Waals surface area (Å²) in [5, 5.41) is 8.86. The largest absolute Gasteiger partial charge is 0.381 e. The molecule has 0 radical (unpaired) electrons. The van der Waals surface area contributed by atoms with Crippen LogP contribution in [-0.4, -0.2) is 19.0 Å². The summed E-state index contributed by atoms with van der Waals surface area (Å²) in [7, 11) is 0. The Balaban J connectivity index is 2.48. The number of ether oxygens (including phenoxy) is 1. The van der Waals surface area contributed by atoms with Crippen LogP contribution >= 0.6 is 0 Å². The fourth-order valence-corrected chi connectivity index (χ4v) is 1.83. The van der Waals surface area contributed by atoms with Crippen LogP contribution in [0.4, 0.5) is 0 Å². The van der Waals surface area contributed by atoms with Crippen molar-refractivity contribution in [2.75, 3.05) is 13.2 Å². The Morgan fingerprint density at radius 2 is 2.21 bits per heavy atom. The van der Waals surface area contributed by atoms with Crippen molar-refractivity contribution >= 4 is 5.78 Å². The molecule has 0 bridgehead atoms. The summed E-state index contributed by atoms with van der Waals surface area (Å²) < 4.78 is 5.19. The SMILES string of the molecule is CCCC(C#N)C(=O)C1CCOCC1. The van der Waals surface area contributed by atoms with Crippen LogP contribution in [0, 0.1) is 23.2 Å². The maximum atomic E-state index is 11.8. The van der Waals surface area contributed by atoms with E-state index in [1.54, 1.807) is 0 Å². The topological polar surface area (TPSA) is 50.1 Å². The smallest absolute Gasteiger partial charge is 0.153 e. The van der Waals surface area contributed by atoms with E-state index in [0.29, 0.717) is 19.6 Å². The molecule has 1 aliphatic rings. The number of hydrogen-bond acceptors (Lipinski definition) is 3. The molecule has 1 rings (SSSR count). The third-order valence-corrected chi connectivity index (χ3v) is 2.70. The maximum Gasteiger partial charge on any atom is 0.153 e. The average Bonchev–Trinajstić information content (AvgIpc) is 2.26. The van der Waals surface area contributed by atoms with Crippen molar-refractivity contribution in [3.05, 3.63) is 0 Å². The van der Waals surface area contributed by atoms with Gasteiger partial charge in [0.2, 0.25) is 0 Å². The summed E-state index contributed by atoms with van der Waals surface area (Å²) in [6.45, 7) is 3.34. The van der Waals surface area contributed by atoms with Crippen molar-refractivity contribution in [1.29, 1.82) is 5.26 Å². The highest BCUT2D eigenvalue weighted by atomic mass is 16.5. The Labute approximate surface area is 85.1 Å². The summed E-state index contributed by atoms with van der Waals surface area (Å²) in [4.78, 5) is 11.8. The second kappa shape index (κ2) is 5.77. The molecule has 0 saturated carbocycles. The molecule has 1 fully saturated rings. The van der Waals surface area contributed by atoms with Crippen LogP contribution in [0.15, 0.2) is 0 Å². The predicted octanol–water partition coefficient (Wildman–Crippen LogP) is 1.92. The quantitative estimate of drug-likeness (QED) is 0.688. The zero-order chi connectivity index (χ0) is 10.4. The van der Waals surface area contributed by atoms with Gasteiger partial charge in [-0.3, -0.25) is 4.79 Å². The van der Waals surface area contributed by atoms with Gasteiger partial charge in [-0.25, -0.2) is 0 Å². The fraction of sp³-hybridized carbons (Fsp3) is 0.818. The molecule has 3 nitrogen and oxygen atoms in total. The van der Waals surface area contributed by atoms with Gasteiger partial charge < -0.3 is 4.74 Å². The van der Waals surface area contributed by atoms with Gasteiger partial charge in [0.05, 0.1) is 6.07 Å². The molecular formula is C11H17NO2. The van der Waals surface area contributed by atoms with Crippen molar-refractivity contribution in [1.82, 2.24) is 0 Å². The molecule has 0 spiro atoms. The average molecular weight is 195 g/mol. The number of nitrogens with zero attached hydrogens (tertiary/aromatic N) is 1. The van der Waals surface area contributed by atoms with Crippen LogP contribution in [0.1, 0.15) is 32.6 Å². The standard InChI is InChI=1S/C11H17NO2/c1-2-3-10(8-12)11(13)9-4-6-14-7-5-9/h9-10H,2-7H2,1H3. The molecule has 0 amide bonds. The van der Waals surface area contributed by atoms with Crippen molar-refractivity contribution in [2.45, 2.75) is 32.6 Å². The molecule has 3 heteroatoms. The van der Waals surface area contributed by atoms with Gasteiger partial charge in [0.25, 0.3) is 0 Å². The minimum Gasteiger partial charge on any atom is -0.381 e. The van der Waals surface area contributed by atoms with Gasteiger partial charge >= 0.3 is 0 Å². The van der Waals surface area contributed by atoms with E-state index >= 15 is 0 Å². The molecule has 0 N–H and O–H groups in total. The Bertz CT molecular complexity index is 226. The highest BCUT2D eigenvalue weighted by molar-refractivity contribution is 5.85. The number of rotatable bonds is 4. The summed E-state index contributed by atoms with van der Waals surface area (Å²) in [6, 6.07) is 2.11. The first-order valence-corrected chi connectivity index (χ1v) is 5.30. The second-order valence-electron chi connectivity index (χ2n) is 3.76. The second-order valence-corrected chi connectivity index (χ2v) is 3.76. The minimum atomic E-state index is -0.386. The monoisotopic (exact) mass is 195 g/mol. The summed E-state index contributed by atoms with van der Waals surface area (Å²) in [5.74, 6) is -0.180. The molecule has 1 unspecified atom stereocenters. The van der Waals surface area contributed by atoms with Gasteiger partial charge in [0.1, 0.15) is 5.92 Å². The minimum absolute atomic E-state index is 0.0694. The van der Waals surface area contributed by atoms with E-state index in [1.165, 1.54) is 0 Å². The Hall–Kier alpha value is -0.880. The van der Waals surface area contributed by atoms with Crippen molar-refractivity contribution in [3.63, 3.8) is 0 Å². The molecular weight excluding hydrogens is 178 g/mol. The van der Waals surface area contributed by atoms with Crippen LogP contribution in [0.5, 0.6) is 0 Å². The van der Waals surface area contributed by atoms with E-state index in [1.807, 2.05) is 6.92 Å². The molecule has 1 aliphatic heterocycles. The number of hydrogen-bond donors (Lipinski definition) is 0. The van der Waals surface area contributed by atoms with Gasteiger partial charge in [0.15, 0.2) is 5.78 Å². The number of carbonyl (C=O) groups is 1. The van der Waals surface area contributed by atoms with E-state index in [4.69, 9.17) is 10.00 Å². The first-order valence-electron chi connectivity index (χ1n) is 5.30. The number of Topliss-reactive ketones (excluding diaryl/α,β-unsaturated/α-hetero) is 1. The Morgan fingerprint density at radius 1 is 1.57 bits per heavy atom. The molecule has 78 valence electrons. The maximum absolute atomic E-state index is 11.8. The third kappa shape index (κ3) is 2.81. The van der Waals surface area contributed by atoms with Gasteiger partial charge in [-0.05, 0) is 19.3 Å². The summed E-state index contributed by atoms with van der Waals surface area (Å²) in [6.07, 6.45) is 3.18. The molecule has 0 aromatic rings. The lowest BCUT2D eigenvalue weighted by atomic mass is 9.86. The number of carbonyl (C=O) groups excluding carboxylic acids is 1. The first kappa shape index (κ1) is 11.2. The van der Waals surface area contributed by atoms with E-state index in [0.717, 1.165) is 19.3 Å². The Morgan fingerprint density at radius 3 is 2.71 bits per heavy atom. The van der Waals surface area contributed by atoms with Crippen LogP contribution in [-0.2, 0) is 9.53 Å². The van der Waals surface area contributed by atoms with Crippen LogP contribution in [0.3, 0.4) is 0 Å². The normalized spacial score (nSPS) is 20.0. The molecule has 1 heterocycles. The molecule has 0 aromatic heterocycles. The summed E-state index contributed by atoms with van der Waals surface area (Å²) in [5.41, 5.74) is 0. The zero-order valence-corrected chi connectivity index (χ0v) is 8.66. The van der Waals surface area contributed by atoms with E-state index < -0.39 is 0 Å². The van der Waals surface area contributed by atoms with Crippen molar-refractivity contribution in [2.24, 2.45) is 11.8 Å². The number of ketones is 1. The molecule has 1 atom stereocenters. The van der Waals surface area contributed by atoms with Crippen LogP contribution < -0.4 is 0 Å². The molecule has 14 heavy (non-hydrogen) atoms. The van der Waals surface area contributed by atoms with Crippen LogP contribution in [0.2, 0.25) is 0 Å². The van der Waals surface area contributed by atoms with Crippen molar-refractivity contribution in [3.8, 4) is 6.07 Å². The lowest BCUT2D eigenvalue weighted by Gasteiger charge is -2.22. The highest BCUT2D eigenvalue weighted by Gasteiger charge is 2.27. The lowest BCUT2D eigenvalue weighted by molar-refractivity contribution is -0.128. The molecule has 0 aliphatic carbocycles. The summed E-state index contributed by atoms with van der Waals surface area (Å²) >= 11 is 0. The van der Waals surface area contributed by atoms with Gasteiger partial charge in [-0.2, -0.15) is 5.26 Å². The molecule has 0 aromatic carbocycles.